The summed E-state index contributed by atoms with van der Waals surface area (Å²) in [5.41, 5.74) is 3.15. The molecule has 0 aliphatic carbocycles. The number of nitrogens with zero attached hydrogens (tertiary/aromatic N) is 1. The maximum atomic E-state index is 11.9. The van der Waals surface area contributed by atoms with Gasteiger partial charge >= 0.3 is 5.97 Å². The van der Waals surface area contributed by atoms with Crippen LogP contribution in [0.4, 0.5) is 8.78 Å². The van der Waals surface area contributed by atoms with Gasteiger partial charge in [-0.3, -0.25) is 4.99 Å². The van der Waals surface area contributed by atoms with Crippen LogP contribution < -0.4 is 5.73 Å². The lowest BCUT2D eigenvalue weighted by atomic mass is 10.2. The third kappa shape index (κ3) is 2.65. The van der Waals surface area contributed by atoms with Crippen molar-refractivity contribution in [1.82, 2.24) is 0 Å². The van der Waals surface area contributed by atoms with Gasteiger partial charge in [-0.2, -0.15) is 0 Å². The Kier molecular flexibility index (Phi) is 3.89. The summed E-state index contributed by atoms with van der Waals surface area (Å²) < 4.78 is 23.7. The molecule has 0 heterocycles. The molecule has 12 heavy (non-hydrogen) atoms. The topological polar surface area (TPSA) is 75.7 Å². The highest BCUT2D eigenvalue weighted by Crippen LogP contribution is 2.06. The van der Waals surface area contributed by atoms with Gasteiger partial charge in [0.2, 0.25) is 0 Å². The number of alkyl halides is 2. The van der Waals surface area contributed by atoms with E-state index in [1.54, 1.807) is 0 Å². The number of rotatable bonds is 3. The number of carboxylic acids is 1. The van der Waals surface area contributed by atoms with Crippen molar-refractivity contribution in [3.63, 3.8) is 0 Å². The van der Waals surface area contributed by atoms with E-state index >= 15 is 0 Å². The zero-order valence-corrected chi connectivity index (χ0v) is 6.29. The number of hydrogen-bond donors (Lipinski definition) is 2. The number of halogens is 2. The van der Waals surface area contributed by atoms with Crippen molar-refractivity contribution >= 4 is 12.2 Å². The summed E-state index contributed by atoms with van der Waals surface area (Å²) in [6.07, 6.45) is -2.20. The summed E-state index contributed by atoms with van der Waals surface area (Å²) in [6.45, 7) is 0. The smallest absolute Gasteiger partial charge is 0.339 e. The average molecular weight is 178 g/mol. The van der Waals surface area contributed by atoms with Gasteiger partial charge in [-0.05, 0) is 0 Å². The molecular weight excluding hydrogens is 170 g/mol. The van der Waals surface area contributed by atoms with Crippen molar-refractivity contribution in [2.75, 3.05) is 7.05 Å². The quantitative estimate of drug-likeness (QED) is 0.480. The van der Waals surface area contributed by atoms with Gasteiger partial charge in [0, 0.05) is 13.3 Å². The third-order valence-corrected chi connectivity index (χ3v) is 1.03. The Balaban J connectivity index is 4.93. The van der Waals surface area contributed by atoms with Crippen molar-refractivity contribution in [2.24, 2.45) is 10.7 Å². The summed E-state index contributed by atoms with van der Waals surface area (Å²) in [6, 6.07) is 0. The predicted octanol–water partition coefficient (Wildman–Crippen LogP) is 0.250. The van der Waals surface area contributed by atoms with Crippen LogP contribution in [0.1, 0.15) is 0 Å². The first-order valence-electron chi connectivity index (χ1n) is 2.94. The molecule has 0 bridgehead atoms. The van der Waals surface area contributed by atoms with E-state index in [1.165, 1.54) is 7.05 Å². The molecule has 0 aromatic heterocycles. The van der Waals surface area contributed by atoms with E-state index in [4.69, 9.17) is 10.8 Å². The average Bonchev–Trinajstić information content (AvgIpc) is 1.98. The normalized spacial score (nSPS) is 13.7. The van der Waals surface area contributed by atoms with Crippen LogP contribution in [0, 0.1) is 0 Å². The lowest BCUT2D eigenvalue weighted by Crippen LogP contribution is -2.17. The summed E-state index contributed by atoms with van der Waals surface area (Å²) in [5.74, 6) is -1.52. The minimum absolute atomic E-state index is 0.674. The number of aliphatic carboxylic acids is 1. The first-order chi connectivity index (χ1) is 5.50. The van der Waals surface area contributed by atoms with Crippen molar-refractivity contribution in [2.45, 2.75) is 6.43 Å². The van der Waals surface area contributed by atoms with Gasteiger partial charge < -0.3 is 10.8 Å². The largest absolute Gasteiger partial charge is 0.478 e. The molecule has 0 aromatic carbocycles. The Bertz CT molecular complexity index is 236. The Morgan fingerprint density at radius 2 is 2.17 bits per heavy atom. The van der Waals surface area contributed by atoms with E-state index in [-0.39, 0.29) is 0 Å². The standard InChI is InChI=1S/C6H8F2N2O2/c1-10-2-3(6(11)12)4(9)5(7)8/h2,5H,9H2,1H3,(H,11,12)/b4-3+,10-2?. The highest BCUT2D eigenvalue weighted by atomic mass is 19.3. The van der Waals surface area contributed by atoms with E-state index in [1.807, 2.05) is 0 Å². The molecule has 0 amide bonds. The molecule has 0 unspecified atom stereocenters. The summed E-state index contributed by atoms with van der Waals surface area (Å²) in [7, 11) is 1.27. The van der Waals surface area contributed by atoms with Crippen LogP contribution in [0.3, 0.4) is 0 Å². The summed E-state index contributed by atoms with van der Waals surface area (Å²) in [4.78, 5) is 13.6. The predicted molar refractivity (Wildman–Crippen MR) is 39.3 cm³/mol. The van der Waals surface area contributed by atoms with Gasteiger partial charge in [0.15, 0.2) is 0 Å². The minimum atomic E-state index is -2.98. The molecule has 0 radical (unpaired) electrons. The Morgan fingerprint density at radius 3 is 2.42 bits per heavy atom. The number of aliphatic imine (C=N–C) groups is 1. The lowest BCUT2D eigenvalue weighted by Gasteiger charge is -2.01. The molecule has 6 heteroatoms. The molecule has 4 nitrogen and oxygen atoms in total. The molecule has 0 saturated heterocycles. The highest BCUT2D eigenvalue weighted by molar-refractivity contribution is 6.09. The molecule has 0 saturated carbocycles. The number of carboxylic acid groups (broad SMARTS) is 1. The van der Waals surface area contributed by atoms with E-state index in [9.17, 15) is 13.6 Å². The molecule has 0 fully saturated rings. The maximum absolute atomic E-state index is 11.9. The van der Waals surface area contributed by atoms with Crippen molar-refractivity contribution in [3.05, 3.63) is 11.3 Å². The maximum Gasteiger partial charge on any atom is 0.339 e. The number of carbonyl (C=O) groups is 1. The molecule has 0 rings (SSSR count). The van der Waals surface area contributed by atoms with Crippen LogP contribution in [0.2, 0.25) is 0 Å². The van der Waals surface area contributed by atoms with Crippen LogP contribution in [0.15, 0.2) is 16.3 Å². The van der Waals surface area contributed by atoms with Crippen LogP contribution in [0.5, 0.6) is 0 Å². The van der Waals surface area contributed by atoms with Crippen LogP contribution in [-0.4, -0.2) is 30.8 Å². The third-order valence-electron chi connectivity index (χ3n) is 1.03. The fourth-order valence-electron chi connectivity index (χ4n) is 0.500. The summed E-state index contributed by atoms with van der Waals surface area (Å²) in [5, 5.41) is 8.36. The number of nitrogens with two attached hydrogens (primary N) is 1. The Hall–Kier alpha value is -1.46. The second kappa shape index (κ2) is 4.42. The zero-order valence-electron chi connectivity index (χ0n) is 6.29. The van der Waals surface area contributed by atoms with Gasteiger partial charge in [-0.25, -0.2) is 13.6 Å². The molecule has 68 valence electrons. The van der Waals surface area contributed by atoms with Crippen LogP contribution in [0.25, 0.3) is 0 Å². The Morgan fingerprint density at radius 1 is 1.67 bits per heavy atom. The van der Waals surface area contributed by atoms with Gasteiger partial charge in [0.05, 0.1) is 5.70 Å². The first-order valence-corrected chi connectivity index (χ1v) is 2.94. The van der Waals surface area contributed by atoms with Crippen LogP contribution >= 0.6 is 0 Å². The minimum Gasteiger partial charge on any atom is -0.478 e. The van der Waals surface area contributed by atoms with E-state index < -0.39 is 23.7 Å². The van der Waals surface area contributed by atoms with E-state index in [2.05, 4.69) is 4.99 Å². The van der Waals surface area contributed by atoms with Gasteiger partial charge in [0.1, 0.15) is 5.57 Å². The fraction of sp³-hybridized carbons (Fsp3) is 0.333. The van der Waals surface area contributed by atoms with Crippen molar-refractivity contribution < 1.29 is 18.7 Å². The molecule has 0 spiro atoms. The van der Waals surface area contributed by atoms with Crippen molar-refractivity contribution in [1.29, 1.82) is 0 Å². The molecule has 0 aromatic rings. The van der Waals surface area contributed by atoms with E-state index in [0.717, 1.165) is 6.21 Å². The highest BCUT2D eigenvalue weighted by Gasteiger charge is 2.16. The van der Waals surface area contributed by atoms with Crippen molar-refractivity contribution in [3.8, 4) is 0 Å². The van der Waals surface area contributed by atoms with E-state index in [0.29, 0.717) is 0 Å². The van der Waals surface area contributed by atoms with Gasteiger partial charge in [0.25, 0.3) is 6.43 Å². The fourth-order valence-corrected chi connectivity index (χ4v) is 0.500. The van der Waals surface area contributed by atoms with Crippen LogP contribution in [-0.2, 0) is 4.79 Å². The molecule has 0 aliphatic heterocycles. The zero-order chi connectivity index (χ0) is 9.72. The monoisotopic (exact) mass is 178 g/mol. The Labute approximate surface area is 67.4 Å². The SMILES string of the molecule is CN=C/C(C(=O)O)=C(\N)C(F)F. The second-order valence-corrected chi connectivity index (χ2v) is 1.86. The van der Waals surface area contributed by atoms with Gasteiger partial charge in [-0.15, -0.1) is 0 Å². The second-order valence-electron chi connectivity index (χ2n) is 1.86. The van der Waals surface area contributed by atoms with Gasteiger partial charge in [-0.1, -0.05) is 0 Å². The summed E-state index contributed by atoms with van der Waals surface area (Å²) >= 11 is 0. The number of hydrogen-bond acceptors (Lipinski definition) is 3. The molecule has 3 N–H and O–H groups in total. The molecule has 0 atom stereocenters. The molecule has 0 aliphatic rings. The molecular formula is C6H8F2N2O2. The number of allylic oxidation sites excluding steroid dienone is 1. The lowest BCUT2D eigenvalue weighted by molar-refractivity contribution is -0.132. The first kappa shape index (κ1) is 10.5.